The lowest BCUT2D eigenvalue weighted by Gasteiger charge is -2.06. The lowest BCUT2D eigenvalue weighted by atomic mass is 10.0. The van der Waals surface area contributed by atoms with Crippen LogP contribution >= 0.6 is 0 Å². The van der Waals surface area contributed by atoms with E-state index in [-0.39, 0.29) is 0 Å². The van der Waals surface area contributed by atoms with Gasteiger partial charge in [0.1, 0.15) is 12.4 Å². The molecule has 0 spiro atoms. The monoisotopic (exact) mass is 424 g/mol. The molecule has 158 valence electrons. The predicted octanol–water partition coefficient (Wildman–Crippen LogP) is 6.87. The van der Waals surface area contributed by atoms with Crippen molar-refractivity contribution in [3.05, 3.63) is 125 Å². The average molecular weight is 424 g/mol. The molecular formula is C29H22F2O. The van der Waals surface area contributed by atoms with Gasteiger partial charge in [-0.3, -0.25) is 0 Å². The van der Waals surface area contributed by atoms with Crippen molar-refractivity contribution >= 4 is 10.8 Å². The molecule has 0 aliphatic heterocycles. The molecule has 0 aliphatic rings. The molecule has 4 aromatic rings. The first-order chi connectivity index (χ1) is 15.6. The van der Waals surface area contributed by atoms with Crippen LogP contribution in [-0.4, -0.2) is 6.61 Å². The van der Waals surface area contributed by atoms with Crippen LogP contribution in [-0.2, 0) is 12.8 Å². The van der Waals surface area contributed by atoms with Crippen LogP contribution in [0.2, 0.25) is 0 Å². The summed E-state index contributed by atoms with van der Waals surface area (Å²) in [5.41, 5.74) is 4.16. The quantitative estimate of drug-likeness (QED) is 0.242. The van der Waals surface area contributed by atoms with Crippen LogP contribution in [0.1, 0.15) is 22.3 Å². The van der Waals surface area contributed by atoms with Crippen molar-refractivity contribution in [1.82, 2.24) is 0 Å². The molecule has 0 amide bonds. The third-order valence-corrected chi connectivity index (χ3v) is 5.18. The van der Waals surface area contributed by atoms with E-state index in [0.29, 0.717) is 17.4 Å². The fourth-order valence-corrected chi connectivity index (χ4v) is 3.42. The number of hydrogen-bond acceptors (Lipinski definition) is 1. The van der Waals surface area contributed by atoms with E-state index in [1.165, 1.54) is 23.3 Å². The van der Waals surface area contributed by atoms with Crippen LogP contribution in [0.4, 0.5) is 8.78 Å². The lowest BCUT2D eigenvalue weighted by Crippen LogP contribution is -1.94. The molecule has 1 nitrogen and oxygen atoms in total. The predicted molar refractivity (Wildman–Crippen MR) is 126 cm³/mol. The van der Waals surface area contributed by atoms with Crippen LogP contribution in [0.25, 0.3) is 10.8 Å². The lowest BCUT2D eigenvalue weighted by molar-refractivity contribution is 0.363. The molecule has 0 aliphatic carbocycles. The average Bonchev–Trinajstić information content (AvgIpc) is 2.82. The van der Waals surface area contributed by atoms with E-state index in [1.54, 1.807) is 18.2 Å². The maximum atomic E-state index is 13.5. The number of aryl methyl sites for hydroxylation is 2. The van der Waals surface area contributed by atoms with Gasteiger partial charge in [0.05, 0.1) is 0 Å². The van der Waals surface area contributed by atoms with Gasteiger partial charge in [0.2, 0.25) is 0 Å². The summed E-state index contributed by atoms with van der Waals surface area (Å²) >= 11 is 0. The smallest absolute Gasteiger partial charge is 0.159 e. The second-order valence-electron chi connectivity index (χ2n) is 7.52. The molecule has 0 N–H and O–H groups in total. The van der Waals surface area contributed by atoms with Crippen LogP contribution < -0.4 is 4.74 Å². The van der Waals surface area contributed by atoms with Gasteiger partial charge in [-0.2, -0.15) is 0 Å². The molecule has 0 saturated heterocycles. The Bertz CT molecular complexity index is 1290. The standard InChI is InChI=1S/C29H22F2O/c1-2-17-32-27-15-12-23(13-16-27)8-7-21-3-5-22(6-4-21)9-10-24-11-14-25-19-28(30)29(31)20-26(25)18-24/h2-6,11-16,18-20H,1,7-8,17H2. The van der Waals surface area contributed by atoms with Gasteiger partial charge in [0.25, 0.3) is 0 Å². The van der Waals surface area contributed by atoms with Crippen molar-refractivity contribution in [3.63, 3.8) is 0 Å². The first-order valence-corrected chi connectivity index (χ1v) is 10.4. The summed E-state index contributed by atoms with van der Waals surface area (Å²) in [7, 11) is 0. The second kappa shape index (κ2) is 9.94. The highest BCUT2D eigenvalue weighted by molar-refractivity contribution is 5.84. The molecule has 0 unspecified atom stereocenters. The van der Waals surface area contributed by atoms with Crippen molar-refractivity contribution in [2.45, 2.75) is 12.8 Å². The molecule has 0 saturated carbocycles. The summed E-state index contributed by atoms with van der Waals surface area (Å²) in [6.07, 6.45) is 3.61. The minimum absolute atomic E-state index is 0.508. The van der Waals surface area contributed by atoms with Gasteiger partial charge in [-0.1, -0.05) is 54.8 Å². The first kappa shape index (κ1) is 21.3. The van der Waals surface area contributed by atoms with Gasteiger partial charge in [0.15, 0.2) is 11.6 Å². The Kier molecular flexibility index (Phi) is 6.63. The SMILES string of the molecule is C=CCOc1ccc(CCc2ccc(C#Cc3ccc4cc(F)c(F)cc4c3)cc2)cc1. The van der Waals surface area contributed by atoms with Gasteiger partial charge in [0, 0.05) is 11.1 Å². The number of fused-ring (bicyclic) bond motifs is 1. The first-order valence-electron chi connectivity index (χ1n) is 10.4. The van der Waals surface area contributed by atoms with E-state index in [4.69, 9.17) is 4.74 Å². The number of ether oxygens (including phenoxy) is 1. The normalized spacial score (nSPS) is 10.4. The fraction of sp³-hybridized carbons (Fsp3) is 0.103. The molecule has 4 aromatic carbocycles. The van der Waals surface area contributed by atoms with Crippen LogP contribution in [0.5, 0.6) is 5.75 Å². The maximum absolute atomic E-state index is 13.5. The molecule has 0 aromatic heterocycles. The molecule has 0 radical (unpaired) electrons. The van der Waals surface area contributed by atoms with Crippen LogP contribution in [0.15, 0.2) is 91.5 Å². The summed E-state index contributed by atoms with van der Waals surface area (Å²) in [5.74, 6) is 5.39. The topological polar surface area (TPSA) is 9.23 Å². The zero-order valence-corrected chi connectivity index (χ0v) is 17.6. The van der Waals surface area contributed by atoms with E-state index in [2.05, 4.69) is 42.7 Å². The number of rotatable bonds is 6. The van der Waals surface area contributed by atoms with Crippen molar-refractivity contribution < 1.29 is 13.5 Å². The zero-order valence-electron chi connectivity index (χ0n) is 17.6. The van der Waals surface area contributed by atoms with Gasteiger partial charge in [-0.15, -0.1) is 0 Å². The van der Waals surface area contributed by atoms with Gasteiger partial charge in [-0.25, -0.2) is 8.78 Å². The Balaban J connectivity index is 1.38. The second-order valence-corrected chi connectivity index (χ2v) is 7.52. The molecule has 0 heterocycles. The van der Waals surface area contributed by atoms with E-state index in [1.807, 2.05) is 30.3 Å². The Morgan fingerprint density at radius 1 is 0.688 bits per heavy atom. The molecule has 0 atom stereocenters. The Hall–Kier alpha value is -3.90. The summed E-state index contributed by atoms with van der Waals surface area (Å²) in [5, 5.41) is 1.28. The molecule has 0 bridgehead atoms. The van der Waals surface area contributed by atoms with E-state index < -0.39 is 11.6 Å². The van der Waals surface area contributed by atoms with Gasteiger partial charge >= 0.3 is 0 Å². The molecule has 32 heavy (non-hydrogen) atoms. The van der Waals surface area contributed by atoms with Crippen molar-refractivity contribution in [3.8, 4) is 17.6 Å². The highest BCUT2D eigenvalue weighted by Crippen LogP contribution is 2.20. The van der Waals surface area contributed by atoms with E-state index >= 15 is 0 Å². The Morgan fingerprint density at radius 3 is 1.91 bits per heavy atom. The molecule has 4 rings (SSSR count). The number of hydrogen-bond donors (Lipinski definition) is 0. The van der Waals surface area contributed by atoms with Crippen LogP contribution in [0, 0.1) is 23.5 Å². The molecule has 3 heteroatoms. The zero-order chi connectivity index (χ0) is 22.3. The maximum Gasteiger partial charge on any atom is 0.159 e. The van der Waals surface area contributed by atoms with Crippen molar-refractivity contribution in [1.29, 1.82) is 0 Å². The number of halogens is 2. The third-order valence-electron chi connectivity index (χ3n) is 5.18. The van der Waals surface area contributed by atoms with Crippen molar-refractivity contribution in [2.75, 3.05) is 6.61 Å². The van der Waals surface area contributed by atoms with Gasteiger partial charge < -0.3 is 4.74 Å². The minimum atomic E-state index is -0.852. The highest BCUT2D eigenvalue weighted by Gasteiger charge is 2.04. The summed E-state index contributed by atoms with van der Waals surface area (Å²) in [6, 6.07) is 24.1. The van der Waals surface area contributed by atoms with E-state index in [9.17, 15) is 8.78 Å². The fourth-order valence-electron chi connectivity index (χ4n) is 3.42. The minimum Gasteiger partial charge on any atom is -0.490 e. The van der Waals surface area contributed by atoms with Gasteiger partial charge in [-0.05, 0) is 83.3 Å². The van der Waals surface area contributed by atoms with Crippen molar-refractivity contribution in [2.24, 2.45) is 0 Å². The highest BCUT2D eigenvalue weighted by atomic mass is 19.2. The summed E-state index contributed by atoms with van der Waals surface area (Å²) in [4.78, 5) is 0. The largest absolute Gasteiger partial charge is 0.490 e. The summed E-state index contributed by atoms with van der Waals surface area (Å²) < 4.78 is 32.3. The molecular weight excluding hydrogens is 402 g/mol. The summed E-state index contributed by atoms with van der Waals surface area (Å²) in [6.45, 7) is 4.16. The Morgan fingerprint density at radius 2 is 1.25 bits per heavy atom. The number of benzene rings is 4. The third kappa shape index (κ3) is 5.42. The van der Waals surface area contributed by atoms with E-state index in [0.717, 1.165) is 29.7 Å². The van der Waals surface area contributed by atoms with Crippen LogP contribution in [0.3, 0.4) is 0 Å². The molecule has 0 fully saturated rings. The Labute approximate surface area is 187 Å².